The van der Waals surface area contributed by atoms with Crippen molar-refractivity contribution in [3.8, 4) is 0 Å². The summed E-state index contributed by atoms with van der Waals surface area (Å²) in [5, 5.41) is 0. The predicted molar refractivity (Wildman–Crippen MR) is 25.4 cm³/mol. The predicted octanol–water partition coefficient (Wildman–Crippen LogP) is 0.528. The van der Waals surface area contributed by atoms with Crippen LogP contribution in [0.3, 0.4) is 0 Å². The molecule has 0 spiro atoms. The molecule has 0 amide bonds. The summed E-state index contributed by atoms with van der Waals surface area (Å²) in [5.74, 6) is 0. The van der Waals surface area contributed by atoms with E-state index in [0.29, 0.717) is 11.4 Å². The lowest BCUT2D eigenvalue weighted by Gasteiger charge is -1.77. The molecule has 0 saturated heterocycles. The van der Waals surface area contributed by atoms with Gasteiger partial charge in [0.2, 0.25) is 0 Å². The van der Waals surface area contributed by atoms with Crippen LogP contribution in [0, 0.1) is 13.8 Å². The van der Waals surface area contributed by atoms with Crippen LogP contribution in [0.1, 0.15) is 11.4 Å². The summed E-state index contributed by atoms with van der Waals surface area (Å²) in [5.41, 5.74) is 0.792. The molecule has 1 heterocycles. The van der Waals surface area contributed by atoms with Crippen molar-refractivity contribution < 1.29 is 0 Å². The molecule has 0 atom stereocenters. The van der Waals surface area contributed by atoms with Gasteiger partial charge in [0.05, 0.1) is 12.0 Å². The van der Waals surface area contributed by atoms with Crippen LogP contribution in [-0.2, 0) is 0 Å². The Hall–Kier alpha value is -0.790. The van der Waals surface area contributed by atoms with Crippen LogP contribution in [0.4, 0.5) is 0 Å². The molecule has 0 aliphatic carbocycles. The fourth-order valence-corrected chi connectivity index (χ4v) is 0.315. The minimum atomic E-state index is 0.361. The lowest BCUT2D eigenvalue weighted by atomic mass is 10.4. The van der Waals surface area contributed by atoms with E-state index in [4.69, 9.17) is 13.8 Å². The number of nitrogens with zero attached hydrogens (tertiary/aromatic N) is 1. The van der Waals surface area contributed by atoms with E-state index >= 15 is 0 Å². The molecule has 0 bridgehead atoms. The van der Waals surface area contributed by atoms with Gasteiger partial charge in [0.1, 0.15) is 0 Å². The standard InChI is InChI=1S/C5H4N2/c1-4-5(2)7-3-6-4/h1-3H,(H,6,7). The summed E-state index contributed by atoms with van der Waals surface area (Å²) in [6.45, 7) is 10.4. The summed E-state index contributed by atoms with van der Waals surface area (Å²) in [6, 6.07) is 0. The number of H-pyrrole nitrogens is 1. The Balaban J connectivity index is 3.12. The zero-order valence-electron chi connectivity index (χ0n) is 3.68. The number of aromatic amines is 1. The minimum Gasteiger partial charge on any atom is -0.348 e. The average Bonchev–Trinajstić information content (AvgIpc) is 1.91. The van der Waals surface area contributed by atoms with Crippen LogP contribution in [0.15, 0.2) is 6.33 Å². The van der Waals surface area contributed by atoms with Gasteiger partial charge in [0.15, 0.2) is 0 Å². The Morgan fingerprint density at radius 1 is 1.57 bits per heavy atom. The molecule has 0 aliphatic heterocycles. The molecule has 0 fully saturated rings. The van der Waals surface area contributed by atoms with Crippen molar-refractivity contribution in [1.82, 2.24) is 9.97 Å². The molecule has 1 aromatic heterocycles. The van der Waals surface area contributed by atoms with Crippen LogP contribution in [0.25, 0.3) is 0 Å². The van der Waals surface area contributed by atoms with Crippen LogP contribution in [0.5, 0.6) is 0 Å². The number of nitrogens with one attached hydrogen (secondary N) is 1. The third kappa shape index (κ3) is 0.633. The lowest BCUT2D eigenvalue weighted by Crippen LogP contribution is -1.71. The van der Waals surface area contributed by atoms with Crippen molar-refractivity contribution in [2.24, 2.45) is 0 Å². The summed E-state index contributed by atoms with van der Waals surface area (Å²) in [4.78, 5) is 6.22. The van der Waals surface area contributed by atoms with Gasteiger partial charge in [0.25, 0.3) is 0 Å². The van der Waals surface area contributed by atoms with E-state index in [1.54, 1.807) is 0 Å². The maximum absolute atomic E-state index is 5.20. The highest BCUT2D eigenvalue weighted by Crippen LogP contribution is 1.94. The molecule has 0 aliphatic rings. The van der Waals surface area contributed by atoms with Gasteiger partial charge in [-0.2, -0.15) is 0 Å². The second-order valence-corrected chi connectivity index (χ2v) is 1.20. The Morgan fingerprint density at radius 3 is 2.43 bits per heavy atom. The normalized spacial score (nSPS) is 9.43. The third-order valence-corrected chi connectivity index (χ3v) is 0.700. The van der Waals surface area contributed by atoms with E-state index < -0.39 is 0 Å². The molecule has 2 heteroatoms. The van der Waals surface area contributed by atoms with Crippen molar-refractivity contribution in [3.05, 3.63) is 31.6 Å². The number of aromatic nitrogens is 2. The summed E-state index contributed by atoms with van der Waals surface area (Å²) in [7, 11) is 0. The molecule has 34 valence electrons. The van der Waals surface area contributed by atoms with Gasteiger partial charge in [-0.15, -0.1) is 0 Å². The molecule has 1 aromatic rings. The smallest absolute Gasteiger partial charge is 0.0925 e. The Morgan fingerprint density at radius 2 is 2.29 bits per heavy atom. The second-order valence-electron chi connectivity index (χ2n) is 1.20. The molecule has 0 unspecified atom stereocenters. The zero-order valence-corrected chi connectivity index (χ0v) is 3.68. The lowest BCUT2D eigenvalue weighted by molar-refractivity contribution is 1.29. The largest absolute Gasteiger partial charge is 0.348 e. The first-order chi connectivity index (χ1) is 3.30. The quantitative estimate of drug-likeness (QED) is 0.496. The topological polar surface area (TPSA) is 28.7 Å². The summed E-state index contributed by atoms with van der Waals surface area (Å²) < 4.78 is 0. The maximum Gasteiger partial charge on any atom is 0.0925 e. The van der Waals surface area contributed by atoms with Crippen LogP contribution >= 0.6 is 0 Å². The molecule has 7 heavy (non-hydrogen) atoms. The van der Waals surface area contributed by atoms with Crippen LogP contribution in [0.2, 0.25) is 0 Å². The van der Waals surface area contributed by atoms with Gasteiger partial charge in [-0.3, -0.25) is 0 Å². The highest BCUT2D eigenvalue weighted by molar-refractivity contribution is 5.15. The van der Waals surface area contributed by atoms with E-state index in [9.17, 15) is 0 Å². The second kappa shape index (κ2) is 1.37. The first-order valence-corrected chi connectivity index (χ1v) is 1.85. The van der Waals surface area contributed by atoms with Crippen molar-refractivity contribution in [2.45, 2.75) is 0 Å². The number of imidazole rings is 1. The molecular formula is C5H4N2. The molecule has 1 rings (SSSR count). The van der Waals surface area contributed by atoms with Gasteiger partial charge in [-0.1, -0.05) is 0 Å². The van der Waals surface area contributed by atoms with E-state index in [2.05, 4.69) is 9.97 Å². The molecule has 2 nitrogen and oxygen atoms in total. The van der Waals surface area contributed by atoms with Gasteiger partial charge >= 0.3 is 0 Å². The minimum absolute atomic E-state index is 0.361. The Labute approximate surface area is 42.6 Å². The zero-order chi connectivity index (χ0) is 5.28. The van der Waals surface area contributed by atoms with Crippen molar-refractivity contribution >= 4 is 0 Å². The molecule has 0 aromatic carbocycles. The van der Waals surface area contributed by atoms with E-state index in [1.165, 1.54) is 6.33 Å². The molecule has 4 radical (unpaired) electrons. The third-order valence-electron chi connectivity index (χ3n) is 0.700. The highest BCUT2D eigenvalue weighted by Gasteiger charge is 1.88. The fourth-order valence-electron chi connectivity index (χ4n) is 0.315. The van der Waals surface area contributed by atoms with Crippen molar-refractivity contribution in [2.75, 3.05) is 0 Å². The fraction of sp³-hybridized carbons (Fsp3) is 0. The Kier molecular flexibility index (Phi) is 0.855. The average molecular weight is 92.1 g/mol. The van der Waals surface area contributed by atoms with Crippen LogP contribution in [-0.4, -0.2) is 9.97 Å². The first kappa shape index (κ1) is 4.37. The molecule has 0 saturated carbocycles. The number of hydrogen-bond donors (Lipinski definition) is 1. The van der Waals surface area contributed by atoms with E-state index in [0.717, 1.165) is 0 Å². The highest BCUT2D eigenvalue weighted by atomic mass is 14.9. The Bertz CT molecular complexity index is 138. The van der Waals surface area contributed by atoms with Gasteiger partial charge in [-0.05, 0) is 0 Å². The van der Waals surface area contributed by atoms with E-state index in [1.807, 2.05) is 0 Å². The van der Waals surface area contributed by atoms with Gasteiger partial charge in [0, 0.05) is 19.5 Å². The summed E-state index contributed by atoms with van der Waals surface area (Å²) >= 11 is 0. The van der Waals surface area contributed by atoms with Gasteiger partial charge in [-0.25, -0.2) is 4.98 Å². The van der Waals surface area contributed by atoms with Crippen LogP contribution < -0.4 is 0 Å². The van der Waals surface area contributed by atoms with E-state index in [-0.39, 0.29) is 0 Å². The first-order valence-electron chi connectivity index (χ1n) is 1.85. The monoisotopic (exact) mass is 92.0 g/mol. The van der Waals surface area contributed by atoms with Crippen molar-refractivity contribution in [1.29, 1.82) is 0 Å². The number of hydrogen-bond acceptors (Lipinski definition) is 1. The SMILES string of the molecule is [CH]c1nc[nH]c1[CH]. The van der Waals surface area contributed by atoms with Crippen molar-refractivity contribution in [3.63, 3.8) is 0 Å². The maximum atomic E-state index is 5.20. The molecule has 1 N–H and O–H groups in total. The van der Waals surface area contributed by atoms with Gasteiger partial charge < -0.3 is 4.98 Å². The number of rotatable bonds is 0. The summed E-state index contributed by atoms with van der Waals surface area (Å²) in [6.07, 6.45) is 1.45. The molecular weight excluding hydrogens is 88.1 g/mol.